The number of hydrogen-bond donors (Lipinski definition) is 2. The Balaban J connectivity index is 1.31. The minimum Gasteiger partial charge on any atom is -0.367 e. The average Bonchev–Trinajstić information content (AvgIpc) is 3.02. The highest BCUT2D eigenvalue weighted by atomic mass is 32.2. The van der Waals surface area contributed by atoms with Crippen molar-refractivity contribution in [1.29, 1.82) is 0 Å². The maximum Gasteiger partial charge on any atom is 0.258 e. The lowest BCUT2D eigenvalue weighted by Gasteiger charge is -2.38. The molecule has 1 saturated heterocycles. The Morgan fingerprint density at radius 1 is 0.767 bits per heavy atom. The number of hydrogen-bond acceptors (Lipinski definition) is 5. The predicted molar refractivity (Wildman–Crippen MR) is 164 cm³/mol. The van der Waals surface area contributed by atoms with Gasteiger partial charge in [0.05, 0.1) is 16.9 Å². The van der Waals surface area contributed by atoms with Crippen LogP contribution >= 0.6 is 0 Å². The van der Waals surface area contributed by atoms with Crippen LogP contribution in [0.25, 0.3) is 0 Å². The molecule has 6 rings (SSSR count). The number of benzene rings is 4. The zero-order chi connectivity index (χ0) is 30.0. The lowest BCUT2D eigenvalue weighted by molar-refractivity contribution is 0.102. The number of sulfonamides is 1. The molecular weight excluding hydrogens is 570 g/mol. The zero-order valence-electron chi connectivity index (χ0n) is 23.5. The molecule has 0 radical (unpaired) electrons. The fourth-order valence-corrected chi connectivity index (χ4v) is 7.44. The summed E-state index contributed by atoms with van der Waals surface area (Å²) in [5.74, 6) is -1.65. The quantitative estimate of drug-likeness (QED) is 0.275. The van der Waals surface area contributed by atoms with Gasteiger partial charge in [-0.3, -0.25) is 4.79 Å². The Morgan fingerprint density at radius 2 is 1.42 bits per heavy atom. The van der Waals surface area contributed by atoms with Crippen LogP contribution < -0.4 is 19.8 Å². The third kappa shape index (κ3) is 6.11. The van der Waals surface area contributed by atoms with Gasteiger partial charge in [-0.15, -0.1) is 0 Å². The highest BCUT2D eigenvalue weighted by Gasteiger charge is 2.30. The van der Waals surface area contributed by atoms with E-state index in [-0.39, 0.29) is 22.0 Å². The number of piperazine rings is 1. The number of aryl methyl sites for hydroxylation is 1. The highest BCUT2D eigenvalue weighted by Crippen LogP contribution is 2.35. The smallest absolute Gasteiger partial charge is 0.258 e. The molecule has 4 aromatic rings. The number of nitrogens with zero attached hydrogens (tertiary/aromatic N) is 2. The molecule has 0 bridgehead atoms. The molecule has 1 aliphatic heterocycles. The SMILES string of the molecule is O=C(Nc1ccc(N2CCN(c3ccccc3F)CC2)c(S(=O)(=O)N[C@@H]2CCCc3ccccc32)c1)c1ccccc1F. The van der Waals surface area contributed by atoms with Crippen LogP contribution in [0.3, 0.4) is 0 Å². The summed E-state index contributed by atoms with van der Waals surface area (Å²) >= 11 is 0. The Hall–Kier alpha value is -4.28. The second-order valence-corrected chi connectivity index (χ2v) is 12.5. The first kappa shape index (κ1) is 28.8. The number of nitrogens with one attached hydrogen (secondary N) is 2. The predicted octanol–water partition coefficient (Wildman–Crippen LogP) is 5.90. The summed E-state index contributed by atoms with van der Waals surface area (Å²) in [7, 11) is -4.08. The molecule has 10 heteroatoms. The summed E-state index contributed by atoms with van der Waals surface area (Å²) in [6.45, 7) is 1.92. The molecule has 0 spiro atoms. The van der Waals surface area contributed by atoms with E-state index in [0.717, 1.165) is 24.0 Å². The van der Waals surface area contributed by atoms with Gasteiger partial charge >= 0.3 is 0 Å². The Kier molecular flexibility index (Phi) is 8.14. The van der Waals surface area contributed by atoms with Crippen molar-refractivity contribution >= 4 is 33.0 Å². The number of amides is 1. The van der Waals surface area contributed by atoms with E-state index < -0.39 is 27.8 Å². The van der Waals surface area contributed by atoms with Gasteiger partial charge in [0, 0.05) is 37.9 Å². The molecule has 0 saturated carbocycles. The monoisotopic (exact) mass is 602 g/mol. The van der Waals surface area contributed by atoms with Crippen molar-refractivity contribution in [3.8, 4) is 0 Å². The van der Waals surface area contributed by atoms with Gasteiger partial charge in [0.2, 0.25) is 10.0 Å². The van der Waals surface area contributed by atoms with Crippen molar-refractivity contribution in [3.05, 3.63) is 119 Å². The Morgan fingerprint density at radius 3 is 2.16 bits per heavy atom. The summed E-state index contributed by atoms with van der Waals surface area (Å²) in [6.07, 6.45) is 2.41. The van der Waals surface area contributed by atoms with E-state index in [1.54, 1.807) is 36.4 Å². The summed E-state index contributed by atoms with van der Waals surface area (Å²) in [6, 6.07) is 24.4. The number of anilines is 3. The summed E-state index contributed by atoms with van der Waals surface area (Å²) in [4.78, 5) is 16.8. The normalized spacial score (nSPS) is 16.9. The van der Waals surface area contributed by atoms with Crippen LogP contribution in [0.15, 0.2) is 95.9 Å². The second kappa shape index (κ2) is 12.1. The first-order valence-electron chi connectivity index (χ1n) is 14.3. The van der Waals surface area contributed by atoms with Crippen LogP contribution in [0.2, 0.25) is 0 Å². The van der Waals surface area contributed by atoms with Crippen LogP contribution in [0, 0.1) is 11.6 Å². The molecule has 1 amide bonds. The van der Waals surface area contributed by atoms with E-state index in [1.807, 2.05) is 34.1 Å². The van der Waals surface area contributed by atoms with Crippen LogP contribution in [0.1, 0.15) is 40.4 Å². The van der Waals surface area contributed by atoms with Crippen LogP contribution in [0.4, 0.5) is 25.8 Å². The number of halogens is 2. The fraction of sp³-hybridized carbons (Fsp3) is 0.242. The number of carbonyl (C=O) groups is 1. The van der Waals surface area contributed by atoms with Gasteiger partial charge in [-0.1, -0.05) is 48.5 Å². The molecule has 2 aliphatic rings. The minimum atomic E-state index is -4.08. The van der Waals surface area contributed by atoms with Crippen molar-refractivity contribution in [3.63, 3.8) is 0 Å². The van der Waals surface area contributed by atoms with Gasteiger partial charge in [-0.25, -0.2) is 21.9 Å². The highest BCUT2D eigenvalue weighted by molar-refractivity contribution is 7.89. The molecule has 1 fully saturated rings. The van der Waals surface area contributed by atoms with Gasteiger partial charge in [0.1, 0.15) is 16.5 Å². The molecule has 7 nitrogen and oxygen atoms in total. The maximum absolute atomic E-state index is 14.4. The molecule has 1 atom stereocenters. The van der Waals surface area contributed by atoms with Crippen molar-refractivity contribution in [2.24, 2.45) is 0 Å². The summed E-state index contributed by atoms with van der Waals surface area (Å²) in [5.41, 5.74) is 3.16. The number of para-hydroxylation sites is 1. The standard InChI is InChI=1S/C33H32F2N4O3S/c34-27-12-4-3-11-26(27)33(40)36-24-16-17-31(39-20-18-38(19-21-39)30-15-6-5-13-28(30)35)32(22-24)43(41,42)37-29-14-7-9-23-8-1-2-10-25(23)29/h1-6,8,10-13,15-17,22,29,37H,7,9,14,18-21H2,(H,36,40)/t29-/m1/s1. The molecule has 0 unspecified atom stereocenters. The number of carbonyl (C=O) groups excluding carboxylic acids is 1. The molecule has 4 aromatic carbocycles. The van der Waals surface area contributed by atoms with E-state index in [9.17, 15) is 22.0 Å². The van der Waals surface area contributed by atoms with E-state index in [0.29, 0.717) is 44.0 Å². The van der Waals surface area contributed by atoms with E-state index in [1.165, 1.54) is 30.3 Å². The average molecular weight is 603 g/mol. The topological polar surface area (TPSA) is 81.8 Å². The molecule has 2 N–H and O–H groups in total. The molecule has 43 heavy (non-hydrogen) atoms. The van der Waals surface area contributed by atoms with Crippen molar-refractivity contribution < 1.29 is 22.0 Å². The first-order valence-corrected chi connectivity index (χ1v) is 15.8. The van der Waals surface area contributed by atoms with Gasteiger partial charge in [-0.2, -0.15) is 0 Å². The van der Waals surface area contributed by atoms with Gasteiger partial charge in [0.25, 0.3) is 5.91 Å². The third-order valence-corrected chi connectivity index (χ3v) is 9.61. The van der Waals surface area contributed by atoms with Crippen molar-refractivity contribution in [2.75, 3.05) is 41.3 Å². The lowest BCUT2D eigenvalue weighted by atomic mass is 9.88. The van der Waals surface area contributed by atoms with E-state index >= 15 is 0 Å². The van der Waals surface area contributed by atoms with Gasteiger partial charge < -0.3 is 15.1 Å². The van der Waals surface area contributed by atoms with Crippen LogP contribution in [0.5, 0.6) is 0 Å². The maximum atomic E-state index is 14.4. The van der Waals surface area contributed by atoms with Crippen LogP contribution in [-0.2, 0) is 16.4 Å². The Bertz CT molecular complexity index is 1760. The minimum absolute atomic E-state index is 0.0150. The molecule has 1 aliphatic carbocycles. The largest absolute Gasteiger partial charge is 0.367 e. The zero-order valence-corrected chi connectivity index (χ0v) is 24.3. The Labute approximate surface area is 250 Å². The van der Waals surface area contributed by atoms with Crippen LogP contribution in [-0.4, -0.2) is 40.5 Å². The van der Waals surface area contributed by atoms with Gasteiger partial charge in [-0.05, 0) is 72.9 Å². The molecule has 0 aromatic heterocycles. The van der Waals surface area contributed by atoms with E-state index in [4.69, 9.17) is 0 Å². The summed E-state index contributed by atoms with van der Waals surface area (Å²) in [5, 5.41) is 2.66. The van der Waals surface area contributed by atoms with Gasteiger partial charge in [0.15, 0.2) is 0 Å². The molecule has 1 heterocycles. The summed E-state index contributed by atoms with van der Waals surface area (Å²) < 4.78 is 59.8. The lowest BCUT2D eigenvalue weighted by Crippen LogP contribution is -2.47. The second-order valence-electron chi connectivity index (χ2n) is 10.8. The first-order chi connectivity index (χ1) is 20.8. The molecule has 222 valence electrons. The fourth-order valence-electron chi connectivity index (χ4n) is 5.94. The van der Waals surface area contributed by atoms with Crippen molar-refractivity contribution in [1.82, 2.24) is 4.72 Å². The number of rotatable bonds is 7. The van der Waals surface area contributed by atoms with E-state index in [2.05, 4.69) is 10.0 Å². The molecular formula is C33H32F2N4O3S. The third-order valence-electron chi connectivity index (χ3n) is 8.11. The van der Waals surface area contributed by atoms with Crippen molar-refractivity contribution in [2.45, 2.75) is 30.2 Å². The number of fused-ring (bicyclic) bond motifs is 1.